The van der Waals surface area contributed by atoms with Gasteiger partial charge in [0, 0.05) is 6.54 Å². The van der Waals surface area contributed by atoms with Crippen LogP contribution in [-0.2, 0) is 6.18 Å². The maximum atomic E-state index is 13.4. The lowest BCUT2D eigenvalue weighted by atomic mass is 10.1. The van der Waals surface area contributed by atoms with Crippen molar-refractivity contribution in [3.63, 3.8) is 0 Å². The van der Waals surface area contributed by atoms with Gasteiger partial charge in [0.2, 0.25) is 0 Å². The molecule has 0 spiro atoms. The number of carbonyl (C=O) groups excluding carboxylic acids is 1. The Hall–Kier alpha value is -1.63. The highest BCUT2D eigenvalue weighted by Gasteiger charge is 2.31. The third-order valence-corrected chi connectivity index (χ3v) is 2.61. The molecular weight excluding hydrogens is 276 g/mol. The number of hydrogen-bond acceptors (Lipinski definition) is 2. The molecule has 0 aliphatic heterocycles. The molecule has 0 aliphatic rings. The van der Waals surface area contributed by atoms with Gasteiger partial charge in [-0.05, 0) is 45.3 Å². The summed E-state index contributed by atoms with van der Waals surface area (Å²) in [7, 11) is 3.71. The molecule has 112 valence electrons. The molecule has 0 bridgehead atoms. The molecule has 0 heterocycles. The summed E-state index contributed by atoms with van der Waals surface area (Å²) >= 11 is 0. The maximum Gasteiger partial charge on any atom is 0.416 e. The third-order valence-electron chi connectivity index (χ3n) is 2.61. The molecule has 0 atom stereocenters. The molecule has 1 aromatic carbocycles. The minimum Gasteiger partial charge on any atom is -0.352 e. The van der Waals surface area contributed by atoms with Gasteiger partial charge in [0.25, 0.3) is 5.91 Å². The van der Waals surface area contributed by atoms with Crippen LogP contribution in [0.15, 0.2) is 18.2 Å². The zero-order valence-corrected chi connectivity index (χ0v) is 11.2. The van der Waals surface area contributed by atoms with Crippen molar-refractivity contribution in [2.75, 3.05) is 27.2 Å². The molecule has 1 aromatic rings. The minimum atomic E-state index is -4.60. The molecule has 20 heavy (non-hydrogen) atoms. The SMILES string of the molecule is CN(C)CCCNC(=O)c1cc(C(F)(F)F)ccc1F. The number of alkyl halides is 3. The Balaban J connectivity index is 2.72. The van der Waals surface area contributed by atoms with Crippen LogP contribution in [-0.4, -0.2) is 38.0 Å². The van der Waals surface area contributed by atoms with Crippen LogP contribution in [0.1, 0.15) is 22.3 Å². The van der Waals surface area contributed by atoms with Gasteiger partial charge in [0.15, 0.2) is 0 Å². The number of halogens is 4. The largest absolute Gasteiger partial charge is 0.416 e. The number of nitrogens with zero attached hydrogens (tertiary/aromatic N) is 1. The van der Waals surface area contributed by atoms with Gasteiger partial charge in [-0.3, -0.25) is 4.79 Å². The monoisotopic (exact) mass is 292 g/mol. The van der Waals surface area contributed by atoms with Gasteiger partial charge in [-0.15, -0.1) is 0 Å². The van der Waals surface area contributed by atoms with E-state index in [1.165, 1.54) is 0 Å². The van der Waals surface area contributed by atoms with Gasteiger partial charge in [0.05, 0.1) is 11.1 Å². The quantitative estimate of drug-likeness (QED) is 0.668. The Morgan fingerprint density at radius 2 is 1.95 bits per heavy atom. The van der Waals surface area contributed by atoms with Gasteiger partial charge >= 0.3 is 6.18 Å². The standard InChI is InChI=1S/C13H16F4N2O/c1-19(2)7-3-6-18-12(20)10-8-9(13(15,16)17)4-5-11(10)14/h4-5,8H,3,6-7H2,1-2H3,(H,18,20). The predicted molar refractivity (Wildman–Crippen MR) is 66.9 cm³/mol. The lowest BCUT2D eigenvalue weighted by Crippen LogP contribution is -2.28. The number of carbonyl (C=O) groups is 1. The van der Waals surface area contributed by atoms with Crippen molar-refractivity contribution in [1.29, 1.82) is 0 Å². The van der Waals surface area contributed by atoms with Gasteiger partial charge in [0.1, 0.15) is 5.82 Å². The van der Waals surface area contributed by atoms with Gasteiger partial charge in [-0.1, -0.05) is 0 Å². The van der Waals surface area contributed by atoms with Crippen LogP contribution in [0.3, 0.4) is 0 Å². The highest BCUT2D eigenvalue weighted by Crippen LogP contribution is 2.30. The Labute approximate surface area is 114 Å². The van der Waals surface area contributed by atoms with Crippen molar-refractivity contribution in [2.45, 2.75) is 12.6 Å². The average Bonchev–Trinajstić information content (AvgIpc) is 2.33. The fourth-order valence-corrected chi connectivity index (χ4v) is 1.57. The lowest BCUT2D eigenvalue weighted by Gasteiger charge is -2.11. The highest BCUT2D eigenvalue weighted by molar-refractivity contribution is 5.94. The van der Waals surface area contributed by atoms with E-state index < -0.39 is 29.0 Å². The van der Waals surface area contributed by atoms with Crippen molar-refractivity contribution < 1.29 is 22.4 Å². The van der Waals surface area contributed by atoms with Crippen molar-refractivity contribution in [3.05, 3.63) is 35.1 Å². The molecule has 1 amide bonds. The fraction of sp³-hybridized carbons (Fsp3) is 0.462. The summed E-state index contributed by atoms with van der Waals surface area (Å²) in [5, 5.41) is 2.40. The van der Waals surface area contributed by atoms with E-state index in [0.29, 0.717) is 31.2 Å². The molecule has 0 saturated carbocycles. The van der Waals surface area contributed by atoms with E-state index in [0.717, 1.165) is 0 Å². The predicted octanol–water partition coefficient (Wildman–Crippen LogP) is 2.53. The second-order valence-corrected chi connectivity index (χ2v) is 4.61. The second kappa shape index (κ2) is 6.69. The fourth-order valence-electron chi connectivity index (χ4n) is 1.57. The molecule has 0 unspecified atom stereocenters. The van der Waals surface area contributed by atoms with E-state index in [9.17, 15) is 22.4 Å². The van der Waals surface area contributed by atoms with E-state index in [-0.39, 0.29) is 6.54 Å². The summed E-state index contributed by atoms with van der Waals surface area (Å²) in [6.07, 6.45) is -3.98. The minimum absolute atomic E-state index is 0.271. The van der Waals surface area contributed by atoms with Crippen molar-refractivity contribution >= 4 is 5.91 Å². The Morgan fingerprint density at radius 1 is 1.30 bits per heavy atom. The highest BCUT2D eigenvalue weighted by atomic mass is 19.4. The molecule has 0 radical (unpaired) electrons. The summed E-state index contributed by atoms with van der Waals surface area (Å²) in [6, 6.07) is 1.78. The topological polar surface area (TPSA) is 32.3 Å². The number of benzene rings is 1. The smallest absolute Gasteiger partial charge is 0.352 e. The first-order valence-electron chi connectivity index (χ1n) is 6.01. The van der Waals surface area contributed by atoms with Crippen LogP contribution in [0, 0.1) is 5.82 Å². The Morgan fingerprint density at radius 3 is 2.50 bits per heavy atom. The number of amides is 1. The zero-order valence-electron chi connectivity index (χ0n) is 11.2. The first-order chi connectivity index (χ1) is 9.21. The van der Waals surface area contributed by atoms with Gasteiger partial charge in [-0.25, -0.2) is 4.39 Å². The van der Waals surface area contributed by atoms with Crippen LogP contribution < -0.4 is 5.32 Å². The number of hydrogen-bond donors (Lipinski definition) is 1. The molecule has 0 saturated heterocycles. The van der Waals surface area contributed by atoms with Crippen molar-refractivity contribution in [3.8, 4) is 0 Å². The van der Waals surface area contributed by atoms with Crippen LogP contribution in [0.25, 0.3) is 0 Å². The molecular formula is C13H16F4N2O. The number of rotatable bonds is 5. The summed E-state index contributed by atoms with van der Waals surface area (Å²) in [6.45, 7) is 0.984. The number of nitrogens with one attached hydrogen (secondary N) is 1. The zero-order chi connectivity index (χ0) is 15.3. The van der Waals surface area contributed by atoms with Crippen LogP contribution in [0.4, 0.5) is 17.6 Å². The third kappa shape index (κ3) is 4.80. The normalized spacial score (nSPS) is 11.8. The molecule has 3 nitrogen and oxygen atoms in total. The molecule has 7 heteroatoms. The van der Waals surface area contributed by atoms with Crippen molar-refractivity contribution in [1.82, 2.24) is 10.2 Å². The van der Waals surface area contributed by atoms with Crippen LogP contribution in [0.5, 0.6) is 0 Å². The molecule has 1 rings (SSSR count). The average molecular weight is 292 g/mol. The summed E-state index contributed by atoms with van der Waals surface area (Å²) in [5.74, 6) is -1.81. The van der Waals surface area contributed by atoms with Crippen LogP contribution >= 0.6 is 0 Å². The van der Waals surface area contributed by atoms with Gasteiger partial charge < -0.3 is 10.2 Å². The molecule has 0 fully saturated rings. The molecule has 0 aromatic heterocycles. The van der Waals surface area contributed by atoms with E-state index in [1.807, 2.05) is 19.0 Å². The second-order valence-electron chi connectivity index (χ2n) is 4.61. The van der Waals surface area contributed by atoms with Crippen LogP contribution in [0.2, 0.25) is 0 Å². The summed E-state index contributed by atoms with van der Waals surface area (Å²) < 4.78 is 50.9. The summed E-state index contributed by atoms with van der Waals surface area (Å²) in [5.41, 5.74) is -1.64. The molecule has 0 aliphatic carbocycles. The van der Waals surface area contributed by atoms with E-state index in [2.05, 4.69) is 5.32 Å². The molecule has 1 N–H and O–H groups in total. The lowest BCUT2D eigenvalue weighted by molar-refractivity contribution is -0.137. The van der Waals surface area contributed by atoms with E-state index in [1.54, 1.807) is 0 Å². The van der Waals surface area contributed by atoms with Gasteiger partial charge in [-0.2, -0.15) is 13.2 Å². The van der Waals surface area contributed by atoms with E-state index in [4.69, 9.17) is 0 Å². The Kier molecular flexibility index (Phi) is 5.50. The first kappa shape index (κ1) is 16.4. The summed E-state index contributed by atoms with van der Waals surface area (Å²) in [4.78, 5) is 13.6. The maximum absolute atomic E-state index is 13.4. The Bertz CT molecular complexity index is 472. The van der Waals surface area contributed by atoms with Crippen molar-refractivity contribution in [2.24, 2.45) is 0 Å². The van der Waals surface area contributed by atoms with E-state index >= 15 is 0 Å². The first-order valence-corrected chi connectivity index (χ1v) is 6.01.